The number of aromatic nitrogens is 2. The van der Waals surface area contributed by atoms with E-state index in [1.54, 1.807) is 0 Å². The first-order chi connectivity index (χ1) is 10.2. The van der Waals surface area contributed by atoms with Gasteiger partial charge in [0.25, 0.3) is 11.8 Å². The van der Waals surface area contributed by atoms with E-state index in [0.717, 1.165) is 12.8 Å². The van der Waals surface area contributed by atoms with Crippen LogP contribution in [0, 0.1) is 5.92 Å². The predicted octanol–water partition coefficient (Wildman–Crippen LogP) is 1.61. The third-order valence-electron chi connectivity index (χ3n) is 4.27. The Hall–Kier alpha value is -1.85. The Bertz CT molecular complexity index is 515. The molecule has 0 aromatic carbocycles. The van der Waals surface area contributed by atoms with Gasteiger partial charge in [-0.15, -0.1) is 0 Å². The van der Waals surface area contributed by atoms with Gasteiger partial charge in [0.2, 0.25) is 0 Å². The summed E-state index contributed by atoms with van der Waals surface area (Å²) in [4.78, 5) is 31.0. The molecule has 0 bridgehead atoms. The average Bonchev–Trinajstić information content (AvgIpc) is 3.18. The van der Waals surface area contributed by atoms with Crippen molar-refractivity contribution in [2.75, 3.05) is 6.54 Å². The quantitative estimate of drug-likeness (QED) is 0.770. The predicted molar refractivity (Wildman–Crippen MR) is 78.0 cm³/mol. The van der Waals surface area contributed by atoms with Crippen LogP contribution in [0.25, 0.3) is 0 Å². The van der Waals surface area contributed by atoms with Gasteiger partial charge in [-0.1, -0.05) is 19.3 Å². The first-order valence-corrected chi connectivity index (χ1v) is 7.86. The lowest BCUT2D eigenvalue weighted by Gasteiger charge is -2.21. The van der Waals surface area contributed by atoms with Gasteiger partial charge in [-0.05, 0) is 31.6 Å². The van der Waals surface area contributed by atoms with Gasteiger partial charge in [-0.3, -0.25) is 9.59 Å². The van der Waals surface area contributed by atoms with E-state index in [0.29, 0.717) is 12.5 Å². The molecule has 2 saturated carbocycles. The Morgan fingerprint density at radius 2 is 1.90 bits per heavy atom. The summed E-state index contributed by atoms with van der Waals surface area (Å²) >= 11 is 0. The second kappa shape index (κ2) is 6.28. The van der Waals surface area contributed by atoms with Crippen LogP contribution in [0.15, 0.2) is 6.33 Å². The summed E-state index contributed by atoms with van der Waals surface area (Å²) in [6.45, 7) is 0.682. The number of rotatable bonds is 5. The second-order valence-corrected chi connectivity index (χ2v) is 6.09. The van der Waals surface area contributed by atoms with Crippen molar-refractivity contribution in [3.63, 3.8) is 0 Å². The van der Waals surface area contributed by atoms with Crippen molar-refractivity contribution in [1.82, 2.24) is 20.6 Å². The number of imidazole rings is 1. The smallest absolute Gasteiger partial charge is 0.272 e. The molecule has 0 atom stereocenters. The maximum absolute atomic E-state index is 12.2. The van der Waals surface area contributed by atoms with E-state index in [-0.39, 0.29) is 29.2 Å². The number of nitrogens with one attached hydrogen (secondary N) is 3. The van der Waals surface area contributed by atoms with Crippen molar-refractivity contribution in [2.45, 2.75) is 51.0 Å². The van der Waals surface area contributed by atoms with Crippen LogP contribution in [0.4, 0.5) is 0 Å². The van der Waals surface area contributed by atoms with Crippen LogP contribution < -0.4 is 10.6 Å². The molecule has 1 aromatic heterocycles. The lowest BCUT2D eigenvalue weighted by atomic mass is 9.89. The number of aromatic amines is 1. The number of H-pyrrole nitrogens is 1. The van der Waals surface area contributed by atoms with Gasteiger partial charge < -0.3 is 15.6 Å². The van der Waals surface area contributed by atoms with Crippen LogP contribution in [0.3, 0.4) is 0 Å². The summed E-state index contributed by atoms with van der Waals surface area (Å²) < 4.78 is 0. The lowest BCUT2D eigenvalue weighted by Crippen LogP contribution is -2.33. The van der Waals surface area contributed by atoms with Crippen LogP contribution in [0.2, 0.25) is 0 Å². The number of amides is 2. The summed E-state index contributed by atoms with van der Waals surface area (Å²) in [6.07, 6.45) is 9.59. The highest BCUT2D eigenvalue weighted by atomic mass is 16.2. The van der Waals surface area contributed by atoms with Crippen LogP contribution >= 0.6 is 0 Å². The summed E-state index contributed by atoms with van der Waals surface area (Å²) in [6, 6.07) is 0.257. The highest BCUT2D eigenvalue weighted by Crippen LogP contribution is 2.23. The molecule has 1 aromatic rings. The van der Waals surface area contributed by atoms with Crippen molar-refractivity contribution >= 4 is 11.8 Å². The normalized spacial score (nSPS) is 19.2. The minimum atomic E-state index is -0.262. The molecule has 3 rings (SSSR count). The van der Waals surface area contributed by atoms with E-state index in [9.17, 15) is 9.59 Å². The van der Waals surface area contributed by atoms with E-state index >= 15 is 0 Å². The highest BCUT2D eigenvalue weighted by molar-refractivity contribution is 6.04. The topological polar surface area (TPSA) is 86.9 Å². The Kier molecular flexibility index (Phi) is 4.22. The molecule has 0 saturated heterocycles. The molecule has 6 heteroatoms. The molecule has 1 heterocycles. The Morgan fingerprint density at radius 3 is 2.62 bits per heavy atom. The molecule has 2 fully saturated rings. The monoisotopic (exact) mass is 290 g/mol. The first kappa shape index (κ1) is 14.1. The summed E-state index contributed by atoms with van der Waals surface area (Å²) in [5.41, 5.74) is 0.465. The zero-order chi connectivity index (χ0) is 14.7. The number of hydrogen-bond donors (Lipinski definition) is 3. The molecule has 114 valence electrons. The van der Waals surface area contributed by atoms with Gasteiger partial charge in [0.15, 0.2) is 5.69 Å². The molecule has 21 heavy (non-hydrogen) atoms. The van der Waals surface area contributed by atoms with Gasteiger partial charge in [0.05, 0.1) is 6.33 Å². The molecule has 0 unspecified atom stereocenters. The maximum atomic E-state index is 12.2. The first-order valence-electron chi connectivity index (χ1n) is 7.86. The van der Waals surface area contributed by atoms with Crippen molar-refractivity contribution in [1.29, 1.82) is 0 Å². The molecule has 2 aliphatic carbocycles. The molecular formula is C15H22N4O2. The van der Waals surface area contributed by atoms with Crippen LogP contribution in [0.1, 0.15) is 65.9 Å². The van der Waals surface area contributed by atoms with Crippen molar-refractivity contribution in [2.24, 2.45) is 5.92 Å². The fourth-order valence-electron chi connectivity index (χ4n) is 2.84. The lowest BCUT2D eigenvalue weighted by molar-refractivity contribution is 0.0907. The van der Waals surface area contributed by atoms with Crippen molar-refractivity contribution < 1.29 is 9.59 Å². The van der Waals surface area contributed by atoms with Crippen molar-refractivity contribution in [3.8, 4) is 0 Å². The highest BCUT2D eigenvalue weighted by Gasteiger charge is 2.27. The third kappa shape index (κ3) is 3.62. The molecule has 2 aliphatic rings. The van der Waals surface area contributed by atoms with E-state index in [4.69, 9.17) is 0 Å². The maximum Gasteiger partial charge on any atom is 0.272 e. The zero-order valence-electron chi connectivity index (χ0n) is 12.2. The number of nitrogens with zero attached hydrogens (tertiary/aromatic N) is 1. The minimum absolute atomic E-state index is 0.197. The van der Waals surface area contributed by atoms with Crippen LogP contribution in [-0.4, -0.2) is 34.4 Å². The standard InChI is InChI=1S/C15H22N4O2/c20-14(16-8-10-4-2-1-3-5-10)12-13(18-9-17-12)15(21)19-11-6-7-11/h9-11H,1-8H2,(H,16,20)(H,17,18)(H,19,21). The fourth-order valence-corrected chi connectivity index (χ4v) is 2.84. The second-order valence-electron chi connectivity index (χ2n) is 6.09. The van der Waals surface area contributed by atoms with Gasteiger partial charge in [-0.2, -0.15) is 0 Å². The van der Waals surface area contributed by atoms with Gasteiger partial charge in [0.1, 0.15) is 5.69 Å². The molecule has 0 spiro atoms. The van der Waals surface area contributed by atoms with Gasteiger partial charge in [-0.25, -0.2) is 4.98 Å². The summed E-state index contributed by atoms with van der Waals surface area (Å²) in [5.74, 6) is 0.0648. The molecular weight excluding hydrogens is 268 g/mol. The average molecular weight is 290 g/mol. The summed E-state index contributed by atoms with van der Waals surface area (Å²) in [5, 5.41) is 5.78. The Morgan fingerprint density at radius 1 is 1.14 bits per heavy atom. The molecule has 6 nitrogen and oxygen atoms in total. The van der Waals surface area contributed by atoms with E-state index in [2.05, 4.69) is 20.6 Å². The third-order valence-corrected chi connectivity index (χ3v) is 4.27. The number of carbonyl (C=O) groups excluding carboxylic acids is 2. The SMILES string of the molecule is O=C(NC1CC1)c1nc[nH]c1C(=O)NCC1CCCCC1. The molecule has 2 amide bonds. The van der Waals surface area contributed by atoms with Crippen molar-refractivity contribution in [3.05, 3.63) is 17.7 Å². The minimum Gasteiger partial charge on any atom is -0.350 e. The van der Waals surface area contributed by atoms with Gasteiger partial charge >= 0.3 is 0 Å². The molecule has 0 aliphatic heterocycles. The van der Waals surface area contributed by atoms with Crippen LogP contribution in [0.5, 0.6) is 0 Å². The van der Waals surface area contributed by atoms with Gasteiger partial charge in [0, 0.05) is 12.6 Å². The molecule has 3 N–H and O–H groups in total. The number of hydrogen-bond acceptors (Lipinski definition) is 3. The van der Waals surface area contributed by atoms with E-state index in [1.807, 2.05) is 0 Å². The summed E-state index contributed by atoms with van der Waals surface area (Å²) in [7, 11) is 0. The molecule has 0 radical (unpaired) electrons. The van der Waals surface area contributed by atoms with E-state index in [1.165, 1.54) is 38.4 Å². The fraction of sp³-hybridized carbons (Fsp3) is 0.667. The Balaban J connectivity index is 1.56. The van der Waals surface area contributed by atoms with E-state index < -0.39 is 0 Å². The van der Waals surface area contributed by atoms with Crippen LogP contribution in [-0.2, 0) is 0 Å². The Labute approximate surface area is 124 Å². The zero-order valence-corrected chi connectivity index (χ0v) is 12.2. The largest absolute Gasteiger partial charge is 0.350 e. The number of carbonyl (C=O) groups is 2.